The fourth-order valence-corrected chi connectivity index (χ4v) is 4.34. The molecule has 0 saturated heterocycles. The minimum Gasteiger partial charge on any atom is -0.374 e. The van der Waals surface area contributed by atoms with Crippen molar-refractivity contribution in [1.29, 1.82) is 0 Å². The van der Waals surface area contributed by atoms with Crippen LogP contribution >= 0.6 is 22.7 Å². The Morgan fingerprint density at radius 2 is 2.14 bits per heavy atom. The van der Waals surface area contributed by atoms with Gasteiger partial charge in [-0.25, -0.2) is 0 Å². The van der Waals surface area contributed by atoms with E-state index in [1.807, 2.05) is 0 Å². The summed E-state index contributed by atoms with van der Waals surface area (Å²) in [7, 11) is 0. The van der Waals surface area contributed by atoms with Gasteiger partial charge in [0.2, 0.25) is 16.2 Å². The molecule has 2 aromatic rings. The Kier molecular flexibility index (Phi) is 4.11. The Hall–Kier alpha value is -1.61. The van der Waals surface area contributed by atoms with Crippen LogP contribution in [0.2, 0.25) is 0 Å². The Morgan fingerprint density at radius 3 is 2.86 bits per heavy atom. The van der Waals surface area contributed by atoms with E-state index >= 15 is 0 Å². The van der Waals surface area contributed by atoms with Crippen molar-refractivity contribution in [3.05, 3.63) is 10.0 Å². The molecule has 0 bridgehead atoms. The van der Waals surface area contributed by atoms with E-state index in [0.29, 0.717) is 22.1 Å². The number of nitrogens with one attached hydrogen (secondary N) is 1. The number of hydrogen-bond acceptors (Lipinski definition) is 8. The predicted octanol–water partition coefficient (Wildman–Crippen LogP) is 2.06. The van der Waals surface area contributed by atoms with E-state index in [9.17, 15) is 4.79 Å². The molecule has 0 aromatic carbocycles. The van der Waals surface area contributed by atoms with Gasteiger partial charge in [-0.2, -0.15) is 0 Å². The molecule has 21 heavy (non-hydrogen) atoms. The van der Waals surface area contributed by atoms with E-state index in [4.69, 9.17) is 5.73 Å². The molecule has 7 nitrogen and oxygen atoms in total. The molecule has 0 radical (unpaired) electrons. The zero-order chi connectivity index (χ0) is 14.8. The van der Waals surface area contributed by atoms with Crippen molar-refractivity contribution < 1.29 is 4.79 Å². The lowest BCUT2D eigenvalue weighted by molar-refractivity contribution is -0.114. The lowest BCUT2D eigenvalue weighted by Crippen LogP contribution is -2.04. The second-order valence-electron chi connectivity index (χ2n) is 5.24. The molecule has 1 saturated carbocycles. The van der Waals surface area contributed by atoms with Crippen molar-refractivity contribution in [1.82, 2.24) is 20.4 Å². The highest BCUT2D eigenvalue weighted by Gasteiger charge is 2.29. The first-order valence-electron chi connectivity index (χ1n) is 6.79. The number of aromatic nitrogens is 4. The van der Waals surface area contributed by atoms with E-state index in [1.54, 1.807) is 0 Å². The van der Waals surface area contributed by atoms with Crippen molar-refractivity contribution in [2.45, 2.75) is 38.5 Å². The average Bonchev–Trinajstić information content (AvgIpc) is 3.11. The Balaban J connectivity index is 1.58. The van der Waals surface area contributed by atoms with Crippen molar-refractivity contribution in [2.24, 2.45) is 5.92 Å². The Labute approximate surface area is 130 Å². The summed E-state index contributed by atoms with van der Waals surface area (Å²) in [6.07, 6.45) is 4.27. The molecule has 3 rings (SSSR count). The van der Waals surface area contributed by atoms with Gasteiger partial charge in [-0.1, -0.05) is 22.7 Å². The van der Waals surface area contributed by atoms with Gasteiger partial charge in [0, 0.05) is 19.3 Å². The summed E-state index contributed by atoms with van der Waals surface area (Å²) in [5.74, 6) is 0.909. The molecule has 3 N–H and O–H groups in total. The molecule has 1 fully saturated rings. The second kappa shape index (κ2) is 6.02. The molecule has 2 heterocycles. The van der Waals surface area contributed by atoms with Crippen LogP contribution in [0.3, 0.4) is 0 Å². The summed E-state index contributed by atoms with van der Waals surface area (Å²) in [6, 6.07) is 0. The third kappa shape index (κ3) is 3.53. The summed E-state index contributed by atoms with van der Waals surface area (Å²) in [5.41, 5.74) is 5.61. The number of nitrogens with two attached hydrogens (primary N) is 1. The van der Waals surface area contributed by atoms with E-state index in [0.717, 1.165) is 35.7 Å². The van der Waals surface area contributed by atoms with Crippen molar-refractivity contribution in [2.75, 3.05) is 11.1 Å². The van der Waals surface area contributed by atoms with Crippen LogP contribution in [0.5, 0.6) is 0 Å². The summed E-state index contributed by atoms with van der Waals surface area (Å²) < 4.78 is 0. The van der Waals surface area contributed by atoms with Gasteiger partial charge in [-0.3, -0.25) is 4.79 Å². The summed E-state index contributed by atoms with van der Waals surface area (Å²) in [5, 5.41) is 22.0. The largest absolute Gasteiger partial charge is 0.374 e. The molecule has 1 unspecified atom stereocenters. The first-order valence-corrected chi connectivity index (χ1v) is 8.42. The predicted molar refractivity (Wildman–Crippen MR) is 82.3 cm³/mol. The third-order valence-corrected chi connectivity index (χ3v) is 5.34. The topological polar surface area (TPSA) is 107 Å². The van der Waals surface area contributed by atoms with Gasteiger partial charge in [0.15, 0.2) is 0 Å². The normalized spacial score (nSPS) is 21.6. The highest BCUT2D eigenvalue weighted by molar-refractivity contribution is 7.15. The summed E-state index contributed by atoms with van der Waals surface area (Å²) in [4.78, 5) is 11.0. The van der Waals surface area contributed by atoms with Crippen LogP contribution in [-0.4, -0.2) is 26.3 Å². The molecule has 1 amide bonds. The van der Waals surface area contributed by atoms with E-state index < -0.39 is 0 Å². The number of rotatable bonds is 4. The molecule has 1 aliphatic rings. The minimum absolute atomic E-state index is 0.115. The number of hydrogen-bond donors (Lipinski definition) is 2. The van der Waals surface area contributed by atoms with E-state index in [-0.39, 0.29) is 5.91 Å². The fraction of sp³-hybridized carbons (Fsp3) is 0.583. The molecule has 2 aromatic heterocycles. The number of carbonyl (C=O) groups excluding carboxylic acids is 1. The van der Waals surface area contributed by atoms with Gasteiger partial charge in [0.05, 0.1) is 0 Å². The summed E-state index contributed by atoms with van der Waals surface area (Å²) in [6.45, 7) is 1.47. The third-order valence-electron chi connectivity index (χ3n) is 3.56. The molecule has 112 valence electrons. The van der Waals surface area contributed by atoms with Crippen molar-refractivity contribution in [3.63, 3.8) is 0 Å². The van der Waals surface area contributed by atoms with Crippen LogP contribution in [-0.2, 0) is 11.2 Å². The number of anilines is 2. The standard InChI is InChI=1S/C12H16N6OS2/c1-6(19)14-12-18-16-10(21-12)8-3-2-7(4-8)5-9-15-17-11(13)20-9/h7-8H,2-5H2,1H3,(H2,13,17)(H,14,18,19)/t7?,8-/m0/s1. The molecule has 2 atom stereocenters. The maximum atomic E-state index is 11.0. The molecular formula is C12H16N6OS2. The monoisotopic (exact) mass is 324 g/mol. The molecule has 1 aliphatic carbocycles. The summed E-state index contributed by atoms with van der Waals surface area (Å²) >= 11 is 2.94. The van der Waals surface area contributed by atoms with Crippen LogP contribution in [0, 0.1) is 5.92 Å². The number of nitrogen functional groups attached to an aromatic ring is 1. The first-order chi connectivity index (χ1) is 10.1. The van der Waals surface area contributed by atoms with Crippen LogP contribution in [0.15, 0.2) is 0 Å². The number of carbonyl (C=O) groups is 1. The van der Waals surface area contributed by atoms with Gasteiger partial charge in [0.25, 0.3) is 0 Å². The van der Waals surface area contributed by atoms with Crippen LogP contribution in [0.1, 0.15) is 42.1 Å². The maximum Gasteiger partial charge on any atom is 0.223 e. The maximum absolute atomic E-state index is 11.0. The SMILES string of the molecule is CC(=O)Nc1nnc([C@H]2CCC(Cc3nnc(N)s3)C2)s1. The zero-order valence-electron chi connectivity index (χ0n) is 11.6. The molecule has 0 aliphatic heterocycles. The lowest BCUT2D eigenvalue weighted by Gasteiger charge is -2.06. The van der Waals surface area contributed by atoms with E-state index in [1.165, 1.54) is 29.6 Å². The van der Waals surface area contributed by atoms with Crippen LogP contribution < -0.4 is 11.1 Å². The van der Waals surface area contributed by atoms with Crippen LogP contribution in [0.4, 0.5) is 10.3 Å². The van der Waals surface area contributed by atoms with E-state index in [2.05, 4.69) is 25.7 Å². The van der Waals surface area contributed by atoms with Gasteiger partial charge >= 0.3 is 0 Å². The molecular weight excluding hydrogens is 308 g/mol. The van der Waals surface area contributed by atoms with Crippen molar-refractivity contribution >= 4 is 38.8 Å². The lowest BCUT2D eigenvalue weighted by atomic mass is 10.0. The van der Waals surface area contributed by atoms with Gasteiger partial charge in [-0.15, -0.1) is 20.4 Å². The first kappa shape index (κ1) is 14.3. The van der Waals surface area contributed by atoms with Gasteiger partial charge < -0.3 is 11.1 Å². The molecule has 0 spiro atoms. The Morgan fingerprint density at radius 1 is 1.29 bits per heavy atom. The van der Waals surface area contributed by atoms with Crippen LogP contribution in [0.25, 0.3) is 0 Å². The highest BCUT2D eigenvalue weighted by atomic mass is 32.1. The quantitative estimate of drug-likeness (QED) is 0.891. The fourth-order valence-electron chi connectivity index (χ4n) is 2.68. The number of amides is 1. The smallest absolute Gasteiger partial charge is 0.223 e. The Bertz CT molecular complexity index is 639. The average molecular weight is 324 g/mol. The second-order valence-corrected chi connectivity index (χ2v) is 7.34. The molecule has 9 heteroatoms. The van der Waals surface area contributed by atoms with Gasteiger partial charge in [-0.05, 0) is 25.2 Å². The highest BCUT2D eigenvalue weighted by Crippen LogP contribution is 2.41. The van der Waals surface area contributed by atoms with Gasteiger partial charge in [0.1, 0.15) is 10.0 Å². The number of nitrogens with zero attached hydrogens (tertiary/aromatic N) is 4. The van der Waals surface area contributed by atoms with Crippen molar-refractivity contribution in [3.8, 4) is 0 Å². The minimum atomic E-state index is -0.115. The zero-order valence-corrected chi connectivity index (χ0v) is 13.2.